The number of aromatic nitrogens is 2. The molecular weight excluding hydrogens is 386 g/mol. The van der Waals surface area contributed by atoms with Gasteiger partial charge in [-0.15, -0.1) is 0 Å². The number of aryl methyl sites for hydroxylation is 2. The van der Waals surface area contributed by atoms with Crippen LogP contribution < -0.4 is 10.1 Å². The molecule has 0 fully saturated rings. The van der Waals surface area contributed by atoms with Crippen LogP contribution in [0.3, 0.4) is 0 Å². The van der Waals surface area contributed by atoms with E-state index < -0.39 is 0 Å². The first-order chi connectivity index (χ1) is 15.2. The summed E-state index contributed by atoms with van der Waals surface area (Å²) in [6.45, 7) is 3.25. The smallest absolute Gasteiger partial charge is 0.251 e. The Morgan fingerprint density at radius 1 is 1.00 bits per heavy atom. The average molecular weight is 414 g/mol. The molecule has 158 valence electrons. The molecule has 1 N–H and O–H groups in total. The van der Waals surface area contributed by atoms with E-state index in [0.717, 1.165) is 52.1 Å². The maximum Gasteiger partial charge on any atom is 0.251 e. The van der Waals surface area contributed by atoms with Crippen molar-refractivity contribution in [3.05, 3.63) is 95.3 Å². The summed E-state index contributed by atoms with van der Waals surface area (Å²) in [6.07, 6.45) is 1.59. The molecule has 4 aromatic rings. The number of carbonyl (C=O) groups excluding carboxylic acids is 1. The van der Waals surface area contributed by atoms with Gasteiger partial charge in [-0.05, 0) is 43.2 Å². The van der Waals surface area contributed by atoms with E-state index in [-0.39, 0.29) is 5.91 Å². The molecule has 0 unspecified atom stereocenters. The number of carbonyl (C=O) groups is 1. The number of amides is 1. The van der Waals surface area contributed by atoms with Crippen molar-refractivity contribution in [2.75, 3.05) is 13.7 Å². The zero-order valence-electron chi connectivity index (χ0n) is 18.0. The molecule has 0 radical (unpaired) electrons. The van der Waals surface area contributed by atoms with E-state index in [2.05, 4.69) is 22.0 Å². The summed E-state index contributed by atoms with van der Waals surface area (Å²) in [4.78, 5) is 17.3. The lowest BCUT2D eigenvalue weighted by molar-refractivity contribution is 0.0952. The molecule has 0 saturated carbocycles. The SMILES string of the molecule is COc1ccccc1Cn1c(CCCNC(=O)c2ccccc2C)nc2ccccc21. The number of fused-ring (bicyclic) bond motifs is 1. The second-order valence-corrected chi connectivity index (χ2v) is 7.59. The first kappa shape index (κ1) is 20.7. The largest absolute Gasteiger partial charge is 0.496 e. The summed E-state index contributed by atoms with van der Waals surface area (Å²) in [5, 5.41) is 3.04. The number of imidazole rings is 1. The van der Waals surface area contributed by atoms with E-state index in [0.29, 0.717) is 13.1 Å². The fourth-order valence-electron chi connectivity index (χ4n) is 3.87. The van der Waals surface area contributed by atoms with E-state index in [1.165, 1.54) is 0 Å². The summed E-state index contributed by atoms with van der Waals surface area (Å²) < 4.78 is 7.79. The molecule has 1 heterocycles. The van der Waals surface area contributed by atoms with Crippen LogP contribution >= 0.6 is 0 Å². The molecule has 0 aliphatic carbocycles. The Morgan fingerprint density at radius 2 is 1.74 bits per heavy atom. The van der Waals surface area contributed by atoms with Gasteiger partial charge in [-0.1, -0.05) is 48.5 Å². The normalized spacial score (nSPS) is 10.9. The van der Waals surface area contributed by atoms with Crippen LogP contribution in [-0.4, -0.2) is 29.1 Å². The van der Waals surface area contributed by atoms with E-state index >= 15 is 0 Å². The third-order valence-corrected chi connectivity index (χ3v) is 5.51. The highest BCUT2D eigenvalue weighted by Crippen LogP contribution is 2.23. The van der Waals surface area contributed by atoms with Gasteiger partial charge in [-0.2, -0.15) is 0 Å². The minimum Gasteiger partial charge on any atom is -0.496 e. The predicted molar refractivity (Wildman–Crippen MR) is 124 cm³/mol. The molecule has 0 bridgehead atoms. The Balaban J connectivity index is 1.48. The van der Waals surface area contributed by atoms with Gasteiger partial charge in [0.1, 0.15) is 11.6 Å². The number of hydrogen-bond donors (Lipinski definition) is 1. The maximum absolute atomic E-state index is 12.5. The number of methoxy groups -OCH3 is 1. The number of ether oxygens (including phenoxy) is 1. The molecule has 5 nitrogen and oxygen atoms in total. The van der Waals surface area contributed by atoms with E-state index in [4.69, 9.17) is 9.72 Å². The zero-order valence-corrected chi connectivity index (χ0v) is 18.0. The zero-order chi connectivity index (χ0) is 21.6. The van der Waals surface area contributed by atoms with Gasteiger partial charge in [-0.25, -0.2) is 4.98 Å². The highest BCUT2D eigenvalue weighted by molar-refractivity contribution is 5.95. The highest BCUT2D eigenvalue weighted by Gasteiger charge is 2.13. The number of benzene rings is 3. The third-order valence-electron chi connectivity index (χ3n) is 5.51. The lowest BCUT2D eigenvalue weighted by Crippen LogP contribution is -2.25. The van der Waals surface area contributed by atoms with Crippen LogP contribution in [0, 0.1) is 6.92 Å². The molecule has 4 rings (SSSR count). The lowest BCUT2D eigenvalue weighted by atomic mass is 10.1. The molecule has 31 heavy (non-hydrogen) atoms. The van der Waals surface area contributed by atoms with Gasteiger partial charge in [0.2, 0.25) is 0 Å². The van der Waals surface area contributed by atoms with Crippen LogP contribution in [0.2, 0.25) is 0 Å². The second kappa shape index (κ2) is 9.47. The van der Waals surface area contributed by atoms with Crippen LogP contribution in [0.1, 0.15) is 33.7 Å². The summed E-state index contributed by atoms with van der Waals surface area (Å²) >= 11 is 0. The number of nitrogens with zero attached hydrogens (tertiary/aromatic N) is 2. The molecular formula is C26H27N3O2. The standard InChI is InChI=1S/C26H27N3O2/c1-19-10-3-5-12-21(19)26(30)27-17-9-16-25-28-22-13-6-7-14-23(22)29(25)18-20-11-4-8-15-24(20)31-2/h3-8,10-15H,9,16-18H2,1-2H3,(H,27,30). The molecule has 1 aromatic heterocycles. The molecule has 0 aliphatic rings. The molecule has 0 spiro atoms. The van der Waals surface area contributed by atoms with Crippen molar-refractivity contribution in [3.63, 3.8) is 0 Å². The lowest BCUT2D eigenvalue weighted by Gasteiger charge is -2.13. The van der Waals surface area contributed by atoms with Crippen molar-refractivity contribution in [1.29, 1.82) is 0 Å². The first-order valence-corrected chi connectivity index (χ1v) is 10.6. The molecule has 1 amide bonds. The van der Waals surface area contributed by atoms with Crippen LogP contribution in [0.4, 0.5) is 0 Å². The van der Waals surface area contributed by atoms with Crippen molar-refractivity contribution in [1.82, 2.24) is 14.9 Å². The van der Waals surface area contributed by atoms with E-state index in [1.54, 1.807) is 7.11 Å². The van der Waals surface area contributed by atoms with Gasteiger partial charge < -0.3 is 14.6 Å². The van der Waals surface area contributed by atoms with Crippen LogP contribution in [0.15, 0.2) is 72.8 Å². The minimum absolute atomic E-state index is 0.0272. The third kappa shape index (κ3) is 4.61. The van der Waals surface area contributed by atoms with Crippen LogP contribution in [0.25, 0.3) is 11.0 Å². The highest BCUT2D eigenvalue weighted by atomic mass is 16.5. The number of rotatable bonds is 8. The van der Waals surface area contributed by atoms with E-state index in [1.807, 2.05) is 67.6 Å². The topological polar surface area (TPSA) is 56.1 Å². The molecule has 0 saturated heterocycles. The van der Waals surface area contributed by atoms with Gasteiger partial charge in [0.25, 0.3) is 5.91 Å². The number of para-hydroxylation sites is 3. The van der Waals surface area contributed by atoms with Gasteiger partial charge in [0.05, 0.1) is 24.7 Å². The Kier molecular flexibility index (Phi) is 6.32. The van der Waals surface area contributed by atoms with Crippen LogP contribution in [-0.2, 0) is 13.0 Å². The molecule has 0 atom stereocenters. The summed E-state index contributed by atoms with van der Waals surface area (Å²) in [5.41, 5.74) is 4.91. The van der Waals surface area contributed by atoms with Crippen LogP contribution in [0.5, 0.6) is 5.75 Å². The van der Waals surface area contributed by atoms with Crippen molar-refractivity contribution in [2.24, 2.45) is 0 Å². The van der Waals surface area contributed by atoms with Crippen molar-refractivity contribution >= 4 is 16.9 Å². The summed E-state index contributed by atoms with van der Waals surface area (Å²) in [6, 6.07) is 23.9. The molecule has 0 aliphatic heterocycles. The minimum atomic E-state index is -0.0272. The summed E-state index contributed by atoms with van der Waals surface area (Å²) in [7, 11) is 1.70. The average Bonchev–Trinajstić information content (AvgIpc) is 3.14. The second-order valence-electron chi connectivity index (χ2n) is 7.59. The Bertz CT molecular complexity index is 1200. The van der Waals surface area contributed by atoms with E-state index in [9.17, 15) is 4.79 Å². The van der Waals surface area contributed by atoms with Gasteiger partial charge in [0.15, 0.2) is 0 Å². The maximum atomic E-state index is 12.5. The van der Waals surface area contributed by atoms with Crippen molar-refractivity contribution in [3.8, 4) is 5.75 Å². The quantitative estimate of drug-likeness (QED) is 0.424. The van der Waals surface area contributed by atoms with Crippen molar-refractivity contribution in [2.45, 2.75) is 26.3 Å². The molecule has 3 aromatic carbocycles. The Hall–Kier alpha value is -3.60. The van der Waals surface area contributed by atoms with Gasteiger partial charge in [-0.3, -0.25) is 4.79 Å². The first-order valence-electron chi connectivity index (χ1n) is 10.6. The van der Waals surface area contributed by atoms with Gasteiger partial charge >= 0.3 is 0 Å². The number of hydrogen-bond acceptors (Lipinski definition) is 3. The fourth-order valence-corrected chi connectivity index (χ4v) is 3.87. The monoisotopic (exact) mass is 413 g/mol. The Labute approximate surface area is 182 Å². The fraction of sp³-hybridized carbons (Fsp3) is 0.231. The number of nitrogens with one attached hydrogen (secondary N) is 1. The molecule has 5 heteroatoms. The summed E-state index contributed by atoms with van der Waals surface area (Å²) in [5.74, 6) is 1.86. The van der Waals surface area contributed by atoms with Crippen molar-refractivity contribution < 1.29 is 9.53 Å². The predicted octanol–water partition coefficient (Wildman–Crippen LogP) is 4.76. The van der Waals surface area contributed by atoms with Gasteiger partial charge in [0, 0.05) is 24.1 Å². The Morgan fingerprint density at radius 3 is 2.58 bits per heavy atom.